The molecule has 0 aliphatic carbocycles. The molecule has 1 aromatic carbocycles. The van der Waals surface area contributed by atoms with Crippen LogP contribution in [-0.4, -0.2) is 22.1 Å². The Morgan fingerprint density at radius 3 is 3.00 bits per heavy atom. The van der Waals surface area contributed by atoms with Gasteiger partial charge in [0.2, 0.25) is 5.88 Å². The number of aromatic nitrogens is 3. The molecule has 0 fully saturated rings. The molecule has 4 nitrogen and oxygen atoms in total. The van der Waals surface area contributed by atoms with Gasteiger partial charge in [-0.1, -0.05) is 0 Å². The number of benzene rings is 1. The van der Waals surface area contributed by atoms with E-state index < -0.39 is 0 Å². The number of hydrogen-bond acceptors (Lipinski definition) is 3. The van der Waals surface area contributed by atoms with Crippen LogP contribution in [0.5, 0.6) is 5.88 Å². The van der Waals surface area contributed by atoms with Crippen molar-refractivity contribution < 1.29 is 9.13 Å². The van der Waals surface area contributed by atoms with E-state index in [9.17, 15) is 4.39 Å². The fraction of sp³-hybridized carbons (Fsp3) is 0.0909. The molecule has 0 radical (unpaired) electrons. The van der Waals surface area contributed by atoms with Crippen LogP contribution in [0.25, 0.3) is 21.9 Å². The average molecular weight is 217 g/mol. The van der Waals surface area contributed by atoms with E-state index in [0.29, 0.717) is 16.9 Å². The Balaban J connectivity index is 2.50. The van der Waals surface area contributed by atoms with Crippen molar-refractivity contribution in [2.75, 3.05) is 7.11 Å². The molecular weight excluding hydrogens is 209 g/mol. The highest BCUT2D eigenvalue weighted by atomic mass is 19.1. The maximum Gasteiger partial charge on any atom is 0.241 e. The fourth-order valence-corrected chi connectivity index (χ4v) is 1.80. The van der Waals surface area contributed by atoms with Crippen molar-refractivity contribution in [3.05, 3.63) is 30.3 Å². The third-order valence-electron chi connectivity index (χ3n) is 2.50. The average Bonchev–Trinajstić information content (AvgIpc) is 2.67. The monoisotopic (exact) mass is 217 g/mol. The number of nitrogens with one attached hydrogen (secondary N) is 1. The zero-order chi connectivity index (χ0) is 11.1. The number of methoxy groups -OCH3 is 1. The number of fused-ring (bicyclic) bond motifs is 3. The van der Waals surface area contributed by atoms with Gasteiger partial charge < -0.3 is 9.72 Å². The first-order valence-electron chi connectivity index (χ1n) is 4.75. The maximum absolute atomic E-state index is 13.1. The molecule has 0 unspecified atom stereocenters. The molecule has 1 N–H and O–H groups in total. The fourth-order valence-electron chi connectivity index (χ4n) is 1.80. The largest absolute Gasteiger partial charge is 0.479 e. The summed E-state index contributed by atoms with van der Waals surface area (Å²) in [6.45, 7) is 0. The standard InChI is InChI=1S/C11H8FN3O/c1-16-11-10-9(13-5-14-11)7-4-6(12)2-3-8(7)15-10/h2-5,15H,1H3. The number of aromatic amines is 1. The van der Waals surface area contributed by atoms with Crippen LogP contribution in [0, 0.1) is 5.82 Å². The van der Waals surface area contributed by atoms with Crippen molar-refractivity contribution in [1.82, 2.24) is 15.0 Å². The van der Waals surface area contributed by atoms with Crippen molar-refractivity contribution in [2.24, 2.45) is 0 Å². The Labute approximate surface area is 90.1 Å². The number of hydrogen-bond donors (Lipinski definition) is 1. The summed E-state index contributed by atoms with van der Waals surface area (Å²) in [4.78, 5) is 11.2. The molecule has 0 spiro atoms. The van der Waals surface area contributed by atoms with Gasteiger partial charge in [0.15, 0.2) is 0 Å². The first-order valence-corrected chi connectivity index (χ1v) is 4.75. The van der Waals surface area contributed by atoms with Crippen LogP contribution in [0.1, 0.15) is 0 Å². The minimum absolute atomic E-state index is 0.286. The second-order valence-corrected chi connectivity index (χ2v) is 3.42. The number of H-pyrrole nitrogens is 1. The molecule has 80 valence electrons. The summed E-state index contributed by atoms with van der Waals surface area (Å²) in [6, 6.07) is 4.52. The van der Waals surface area contributed by atoms with Gasteiger partial charge in [0.25, 0.3) is 0 Å². The predicted molar refractivity (Wildman–Crippen MR) is 57.9 cm³/mol. The lowest BCUT2D eigenvalue weighted by atomic mass is 10.2. The SMILES string of the molecule is COc1ncnc2c1[nH]c1ccc(F)cc12. The molecule has 5 heteroatoms. The van der Waals surface area contributed by atoms with Crippen LogP contribution in [0.3, 0.4) is 0 Å². The van der Waals surface area contributed by atoms with E-state index in [1.165, 1.54) is 25.6 Å². The highest BCUT2D eigenvalue weighted by molar-refractivity contribution is 6.06. The van der Waals surface area contributed by atoms with Gasteiger partial charge in [-0.05, 0) is 18.2 Å². The van der Waals surface area contributed by atoms with Crippen molar-refractivity contribution in [2.45, 2.75) is 0 Å². The van der Waals surface area contributed by atoms with E-state index in [2.05, 4.69) is 15.0 Å². The van der Waals surface area contributed by atoms with E-state index in [0.717, 1.165) is 10.9 Å². The zero-order valence-corrected chi connectivity index (χ0v) is 8.49. The lowest BCUT2D eigenvalue weighted by molar-refractivity contribution is 0.402. The first kappa shape index (κ1) is 9.08. The number of halogens is 1. The summed E-state index contributed by atoms with van der Waals surface area (Å²) in [5.74, 6) is 0.174. The maximum atomic E-state index is 13.1. The molecule has 0 atom stereocenters. The van der Waals surface area contributed by atoms with E-state index >= 15 is 0 Å². The highest BCUT2D eigenvalue weighted by Gasteiger charge is 2.10. The predicted octanol–water partition coefficient (Wildman–Crippen LogP) is 2.26. The normalized spacial score (nSPS) is 11.1. The molecule has 0 aliphatic rings. The molecule has 16 heavy (non-hydrogen) atoms. The molecule has 0 amide bonds. The Hall–Kier alpha value is -2.17. The molecule has 0 aliphatic heterocycles. The Morgan fingerprint density at radius 1 is 1.31 bits per heavy atom. The lowest BCUT2D eigenvalue weighted by Gasteiger charge is -1.97. The van der Waals surface area contributed by atoms with E-state index in [-0.39, 0.29) is 5.82 Å². The van der Waals surface area contributed by atoms with Crippen molar-refractivity contribution in [3.63, 3.8) is 0 Å². The third-order valence-corrected chi connectivity index (χ3v) is 2.50. The molecule has 2 aromatic heterocycles. The third kappa shape index (κ3) is 1.14. The van der Waals surface area contributed by atoms with E-state index in [1.54, 1.807) is 6.07 Å². The van der Waals surface area contributed by atoms with Gasteiger partial charge in [0.05, 0.1) is 7.11 Å². The minimum Gasteiger partial charge on any atom is -0.479 e. The quantitative estimate of drug-likeness (QED) is 0.680. The number of rotatable bonds is 1. The molecule has 0 saturated carbocycles. The highest BCUT2D eigenvalue weighted by Crippen LogP contribution is 2.28. The van der Waals surface area contributed by atoms with Gasteiger partial charge in [0.1, 0.15) is 23.2 Å². The molecule has 3 rings (SSSR count). The van der Waals surface area contributed by atoms with Crippen LogP contribution in [0.2, 0.25) is 0 Å². The zero-order valence-electron chi connectivity index (χ0n) is 8.49. The van der Waals surface area contributed by atoms with Gasteiger partial charge in [-0.25, -0.2) is 9.37 Å². The molecular formula is C11H8FN3O. The van der Waals surface area contributed by atoms with Crippen molar-refractivity contribution in [1.29, 1.82) is 0 Å². The van der Waals surface area contributed by atoms with Crippen LogP contribution >= 0.6 is 0 Å². The van der Waals surface area contributed by atoms with Gasteiger partial charge in [-0.3, -0.25) is 0 Å². The second-order valence-electron chi connectivity index (χ2n) is 3.42. The van der Waals surface area contributed by atoms with Crippen LogP contribution in [0.15, 0.2) is 24.5 Å². The van der Waals surface area contributed by atoms with Gasteiger partial charge in [-0.2, -0.15) is 4.98 Å². The molecule has 0 saturated heterocycles. The van der Waals surface area contributed by atoms with Gasteiger partial charge in [-0.15, -0.1) is 0 Å². The van der Waals surface area contributed by atoms with Gasteiger partial charge >= 0.3 is 0 Å². The molecule has 2 heterocycles. The first-order chi connectivity index (χ1) is 7.79. The summed E-state index contributed by atoms with van der Waals surface area (Å²) >= 11 is 0. The Kier molecular flexibility index (Phi) is 1.80. The second kappa shape index (κ2) is 3.16. The molecule has 3 aromatic rings. The van der Waals surface area contributed by atoms with Crippen molar-refractivity contribution >= 4 is 21.9 Å². The smallest absolute Gasteiger partial charge is 0.241 e. The van der Waals surface area contributed by atoms with Crippen LogP contribution in [0.4, 0.5) is 4.39 Å². The lowest BCUT2D eigenvalue weighted by Crippen LogP contribution is -1.89. The minimum atomic E-state index is -0.286. The summed E-state index contributed by atoms with van der Waals surface area (Å²) in [6.07, 6.45) is 1.40. The van der Waals surface area contributed by atoms with E-state index in [4.69, 9.17) is 4.74 Å². The van der Waals surface area contributed by atoms with Crippen molar-refractivity contribution in [3.8, 4) is 5.88 Å². The Morgan fingerprint density at radius 2 is 2.19 bits per heavy atom. The number of ether oxygens (including phenoxy) is 1. The number of nitrogens with zero attached hydrogens (tertiary/aromatic N) is 2. The summed E-state index contributed by atoms with van der Waals surface area (Å²) in [5.41, 5.74) is 2.17. The van der Waals surface area contributed by atoms with Crippen LogP contribution in [-0.2, 0) is 0 Å². The van der Waals surface area contributed by atoms with Gasteiger partial charge in [0, 0.05) is 10.9 Å². The Bertz CT molecular complexity index is 677. The summed E-state index contributed by atoms with van der Waals surface area (Å²) in [5, 5.41) is 0.732. The topological polar surface area (TPSA) is 50.8 Å². The van der Waals surface area contributed by atoms with Crippen LogP contribution < -0.4 is 4.74 Å². The summed E-state index contributed by atoms with van der Waals surface area (Å²) < 4.78 is 18.2. The molecule has 0 bridgehead atoms. The summed E-state index contributed by atoms with van der Waals surface area (Å²) in [7, 11) is 1.54. The van der Waals surface area contributed by atoms with E-state index in [1.807, 2.05) is 0 Å².